The molecule has 1 saturated heterocycles. The highest BCUT2D eigenvalue weighted by molar-refractivity contribution is 6.03. The molecule has 1 heterocycles. The number of carbonyl (C=O) groups excluding carboxylic acids is 3. The maximum atomic E-state index is 12.1. The fourth-order valence-corrected chi connectivity index (χ4v) is 2.54. The van der Waals surface area contributed by atoms with Crippen molar-refractivity contribution in [2.24, 2.45) is 11.8 Å². The van der Waals surface area contributed by atoms with Gasteiger partial charge in [-0.05, 0) is 18.8 Å². The van der Waals surface area contributed by atoms with E-state index >= 15 is 0 Å². The van der Waals surface area contributed by atoms with E-state index in [4.69, 9.17) is 0 Å². The lowest BCUT2D eigenvalue weighted by Crippen LogP contribution is -2.38. The number of urea groups is 1. The zero-order chi connectivity index (χ0) is 16.5. The molecule has 6 heteroatoms. The average molecular weight is 311 g/mol. The maximum absolute atomic E-state index is 12.1. The van der Waals surface area contributed by atoms with E-state index in [0.717, 1.165) is 19.3 Å². The van der Waals surface area contributed by atoms with Gasteiger partial charge in [0.05, 0.1) is 0 Å². The normalized spacial score (nSPS) is 18.2. The van der Waals surface area contributed by atoms with Crippen molar-refractivity contribution in [1.82, 2.24) is 15.5 Å². The third kappa shape index (κ3) is 5.66. The third-order valence-electron chi connectivity index (χ3n) is 3.99. The lowest BCUT2D eigenvalue weighted by molar-refractivity contribution is -0.139. The number of rotatable bonds is 9. The van der Waals surface area contributed by atoms with E-state index < -0.39 is 0 Å². The number of hydrogen-bond acceptors (Lipinski definition) is 3. The minimum Gasteiger partial charge on any atom is -0.338 e. The van der Waals surface area contributed by atoms with Gasteiger partial charge in [-0.15, -0.1) is 0 Å². The molecule has 1 atom stereocenters. The summed E-state index contributed by atoms with van der Waals surface area (Å²) < 4.78 is 0. The molecule has 0 saturated carbocycles. The number of carbonyl (C=O) groups is 3. The summed E-state index contributed by atoms with van der Waals surface area (Å²) in [4.78, 5) is 36.8. The summed E-state index contributed by atoms with van der Waals surface area (Å²) in [5.74, 6) is -0.146. The lowest BCUT2D eigenvalue weighted by Gasteiger charge is -2.16. The van der Waals surface area contributed by atoms with Crippen molar-refractivity contribution < 1.29 is 14.4 Å². The topological polar surface area (TPSA) is 78.5 Å². The van der Waals surface area contributed by atoms with Gasteiger partial charge in [0.15, 0.2) is 0 Å². The van der Waals surface area contributed by atoms with Crippen LogP contribution in [0.25, 0.3) is 0 Å². The van der Waals surface area contributed by atoms with Crippen molar-refractivity contribution in [2.45, 2.75) is 52.9 Å². The summed E-state index contributed by atoms with van der Waals surface area (Å²) in [6, 6.07) is -0.185. The SMILES string of the molecule is CCCCCNC(=O)NCCCN1C(=O)CC(C(C)C)C1=O. The number of nitrogens with zero attached hydrogens (tertiary/aromatic N) is 1. The Morgan fingerprint density at radius 2 is 1.82 bits per heavy atom. The molecule has 0 aromatic heterocycles. The van der Waals surface area contributed by atoms with Gasteiger partial charge in [-0.2, -0.15) is 0 Å². The van der Waals surface area contributed by atoms with Crippen LogP contribution in [0.2, 0.25) is 0 Å². The molecule has 1 aliphatic heterocycles. The molecular weight excluding hydrogens is 282 g/mol. The van der Waals surface area contributed by atoms with Gasteiger partial charge in [0.2, 0.25) is 11.8 Å². The average Bonchev–Trinajstić information content (AvgIpc) is 2.75. The first kappa shape index (κ1) is 18.5. The predicted octanol–water partition coefficient (Wildman–Crippen LogP) is 1.90. The first-order valence-corrected chi connectivity index (χ1v) is 8.33. The van der Waals surface area contributed by atoms with Gasteiger partial charge < -0.3 is 10.6 Å². The van der Waals surface area contributed by atoms with Crippen molar-refractivity contribution in [3.8, 4) is 0 Å². The Morgan fingerprint density at radius 1 is 1.18 bits per heavy atom. The molecular formula is C16H29N3O3. The molecule has 1 aliphatic rings. The molecule has 6 nitrogen and oxygen atoms in total. The summed E-state index contributed by atoms with van der Waals surface area (Å²) >= 11 is 0. The second-order valence-corrected chi connectivity index (χ2v) is 6.18. The number of nitrogens with one attached hydrogen (secondary N) is 2. The van der Waals surface area contributed by atoms with Crippen molar-refractivity contribution in [1.29, 1.82) is 0 Å². The van der Waals surface area contributed by atoms with E-state index in [1.807, 2.05) is 13.8 Å². The summed E-state index contributed by atoms with van der Waals surface area (Å²) in [5, 5.41) is 5.54. The summed E-state index contributed by atoms with van der Waals surface area (Å²) in [7, 11) is 0. The summed E-state index contributed by atoms with van der Waals surface area (Å²) in [5.41, 5.74) is 0. The molecule has 0 spiro atoms. The number of hydrogen-bond donors (Lipinski definition) is 2. The second kappa shape index (κ2) is 9.43. The molecule has 0 aliphatic carbocycles. The Hall–Kier alpha value is -1.59. The Labute approximate surface area is 133 Å². The third-order valence-corrected chi connectivity index (χ3v) is 3.99. The van der Waals surface area contributed by atoms with Crippen LogP contribution in [0.5, 0.6) is 0 Å². The molecule has 1 rings (SSSR count). The first-order chi connectivity index (χ1) is 10.5. The standard InChI is InChI=1S/C16H29N3O3/c1-4-5-6-8-17-16(22)18-9-7-10-19-14(20)11-13(12(2)3)15(19)21/h12-13H,4-11H2,1-3H3,(H2,17,18,22). The predicted molar refractivity (Wildman–Crippen MR) is 85.2 cm³/mol. The Balaban J connectivity index is 2.18. The van der Waals surface area contributed by atoms with Crippen LogP contribution in [0.3, 0.4) is 0 Å². The minimum atomic E-state index is -0.185. The molecule has 0 radical (unpaired) electrons. The minimum absolute atomic E-state index is 0.0657. The van der Waals surface area contributed by atoms with Gasteiger partial charge in [0.1, 0.15) is 0 Å². The van der Waals surface area contributed by atoms with Crippen molar-refractivity contribution in [3.05, 3.63) is 0 Å². The van der Waals surface area contributed by atoms with E-state index in [9.17, 15) is 14.4 Å². The molecule has 0 aromatic rings. The lowest BCUT2D eigenvalue weighted by atomic mass is 9.94. The highest BCUT2D eigenvalue weighted by Crippen LogP contribution is 2.26. The highest BCUT2D eigenvalue weighted by atomic mass is 16.2. The van der Waals surface area contributed by atoms with E-state index in [2.05, 4.69) is 17.6 Å². The maximum Gasteiger partial charge on any atom is 0.314 e. The van der Waals surface area contributed by atoms with Gasteiger partial charge in [-0.3, -0.25) is 14.5 Å². The zero-order valence-electron chi connectivity index (χ0n) is 14.0. The molecule has 2 N–H and O–H groups in total. The molecule has 1 fully saturated rings. The smallest absolute Gasteiger partial charge is 0.314 e. The molecule has 1 unspecified atom stereocenters. The van der Waals surface area contributed by atoms with Crippen LogP contribution in [-0.4, -0.2) is 42.4 Å². The monoisotopic (exact) mass is 311 g/mol. The van der Waals surface area contributed by atoms with E-state index in [1.165, 1.54) is 4.90 Å². The van der Waals surface area contributed by atoms with Gasteiger partial charge in [-0.25, -0.2) is 4.79 Å². The molecule has 4 amide bonds. The quantitative estimate of drug-likeness (QED) is 0.504. The second-order valence-electron chi connectivity index (χ2n) is 6.18. The van der Waals surface area contributed by atoms with E-state index in [1.54, 1.807) is 0 Å². The van der Waals surface area contributed by atoms with Crippen LogP contribution in [0.15, 0.2) is 0 Å². The van der Waals surface area contributed by atoms with Gasteiger partial charge in [-0.1, -0.05) is 33.6 Å². The van der Waals surface area contributed by atoms with Crippen LogP contribution < -0.4 is 10.6 Å². The molecule has 0 aromatic carbocycles. The van der Waals surface area contributed by atoms with E-state index in [-0.39, 0.29) is 29.7 Å². The molecule has 126 valence electrons. The van der Waals surface area contributed by atoms with E-state index in [0.29, 0.717) is 32.5 Å². The number of likely N-dealkylation sites (tertiary alicyclic amines) is 1. The van der Waals surface area contributed by atoms with Crippen molar-refractivity contribution in [3.63, 3.8) is 0 Å². The van der Waals surface area contributed by atoms with Crippen LogP contribution in [0.4, 0.5) is 4.79 Å². The van der Waals surface area contributed by atoms with Crippen LogP contribution in [0.1, 0.15) is 52.9 Å². The Bertz CT molecular complexity index is 396. The van der Waals surface area contributed by atoms with Crippen molar-refractivity contribution in [2.75, 3.05) is 19.6 Å². The van der Waals surface area contributed by atoms with Gasteiger partial charge in [0, 0.05) is 32.0 Å². The largest absolute Gasteiger partial charge is 0.338 e. The Kier molecular flexibility index (Phi) is 7.91. The number of unbranched alkanes of at least 4 members (excludes halogenated alkanes) is 2. The van der Waals surface area contributed by atoms with Crippen LogP contribution >= 0.6 is 0 Å². The highest BCUT2D eigenvalue weighted by Gasteiger charge is 2.39. The van der Waals surface area contributed by atoms with Crippen molar-refractivity contribution >= 4 is 17.8 Å². The fourth-order valence-electron chi connectivity index (χ4n) is 2.54. The fraction of sp³-hybridized carbons (Fsp3) is 0.812. The summed E-state index contributed by atoms with van der Waals surface area (Å²) in [6.45, 7) is 7.57. The van der Waals surface area contributed by atoms with Crippen LogP contribution in [-0.2, 0) is 9.59 Å². The van der Waals surface area contributed by atoms with Crippen LogP contribution in [0, 0.1) is 11.8 Å². The zero-order valence-corrected chi connectivity index (χ0v) is 14.0. The summed E-state index contributed by atoms with van der Waals surface area (Å²) in [6.07, 6.45) is 4.12. The molecule has 0 bridgehead atoms. The number of imide groups is 1. The Morgan fingerprint density at radius 3 is 2.36 bits per heavy atom. The number of amides is 4. The first-order valence-electron chi connectivity index (χ1n) is 8.33. The van der Waals surface area contributed by atoms with Gasteiger partial charge >= 0.3 is 6.03 Å². The van der Waals surface area contributed by atoms with Gasteiger partial charge in [0.25, 0.3) is 0 Å². The molecule has 22 heavy (non-hydrogen) atoms.